The third-order valence-corrected chi connectivity index (χ3v) is 10.8. The van der Waals surface area contributed by atoms with Gasteiger partial charge in [-0.15, -0.1) is 35.9 Å². The van der Waals surface area contributed by atoms with Gasteiger partial charge in [0.2, 0.25) is 11.8 Å². The molecule has 2 saturated heterocycles. The zero-order valence-corrected chi connectivity index (χ0v) is 26.6. The summed E-state index contributed by atoms with van der Waals surface area (Å²) >= 11 is 3.57. The van der Waals surface area contributed by atoms with Crippen LogP contribution in [-0.2, 0) is 16.1 Å². The van der Waals surface area contributed by atoms with Crippen molar-refractivity contribution in [2.24, 2.45) is 5.92 Å². The van der Waals surface area contributed by atoms with Crippen molar-refractivity contribution in [1.82, 2.24) is 20.9 Å². The number of rotatable bonds is 10. The number of nitrogens with zero attached hydrogens (tertiary/aromatic N) is 1. The van der Waals surface area contributed by atoms with Gasteiger partial charge in [0.15, 0.2) is 0 Å². The van der Waals surface area contributed by atoms with E-state index in [9.17, 15) is 9.59 Å². The molecule has 1 aromatic rings. The summed E-state index contributed by atoms with van der Waals surface area (Å²) in [6.07, 6.45) is 8.75. The highest BCUT2D eigenvalue weighted by molar-refractivity contribution is 8.02. The van der Waals surface area contributed by atoms with Gasteiger partial charge in [0.25, 0.3) is 0 Å². The molecule has 3 aliphatic rings. The lowest BCUT2D eigenvalue weighted by Gasteiger charge is -2.33. The SMILES string of the molecule is CC1(C)N[C@H](C(=O)NC(CC(=O)NC2CCN(Cc3ccccc3)CC2)SCC2CCCCC2)C(C)(C)S1.Cl. The fourth-order valence-corrected chi connectivity index (χ4v) is 9.26. The molecule has 1 unspecified atom stereocenters. The van der Waals surface area contributed by atoms with E-state index in [1.165, 1.54) is 37.7 Å². The molecule has 9 heteroatoms. The molecule has 2 atom stereocenters. The molecule has 1 aliphatic carbocycles. The van der Waals surface area contributed by atoms with Gasteiger partial charge in [-0.25, -0.2) is 0 Å². The molecular formula is C30H49ClN4O2S2. The molecule has 3 fully saturated rings. The number of hydrogen-bond donors (Lipinski definition) is 3. The maximum absolute atomic E-state index is 13.4. The molecule has 2 amide bonds. The topological polar surface area (TPSA) is 73.5 Å². The Labute approximate surface area is 250 Å². The van der Waals surface area contributed by atoms with Crippen molar-refractivity contribution in [3.8, 4) is 0 Å². The summed E-state index contributed by atoms with van der Waals surface area (Å²) in [6.45, 7) is 11.5. The standard InChI is InChI=1S/C30H48N4O2S2.ClH/c1-29(2)27(33-30(3,4)38-29)28(36)32-26(37-21-23-13-9-6-10-14-23)19-25(35)31-24-15-17-34(18-16-24)20-22-11-7-5-8-12-22;/h5,7-8,11-12,23-24,26-27,33H,6,9-10,13-21H2,1-4H3,(H,31,35)(H,32,36);1H/t26?,27-;/m1./s1. The van der Waals surface area contributed by atoms with Crippen molar-refractivity contribution in [2.45, 2.75) is 113 Å². The monoisotopic (exact) mass is 596 g/mol. The highest BCUT2D eigenvalue weighted by atomic mass is 35.5. The van der Waals surface area contributed by atoms with E-state index >= 15 is 0 Å². The van der Waals surface area contributed by atoms with Crippen LogP contribution in [0.5, 0.6) is 0 Å². The highest BCUT2D eigenvalue weighted by Gasteiger charge is 2.48. The Bertz CT molecular complexity index is 919. The van der Waals surface area contributed by atoms with Crippen LogP contribution >= 0.6 is 35.9 Å². The summed E-state index contributed by atoms with van der Waals surface area (Å²) in [6, 6.07) is 10.5. The molecule has 6 nitrogen and oxygen atoms in total. The van der Waals surface area contributed by atoms with Crippen LogP contribution in [-0.4, -0.2) is 62.6 Å². The Morgan fingerprint density at radius 1 is 1.05 bits per heavy atom. The molecule has 2 aliphatic heterocycles. The number of likely N-dealkylation sites (tertiary alicyclic amines) is 1. The first-order valence-corrected chi connectivity index (χ1v) is 16.4. The average molecular weight is 597 g/mol. The summed E-state index contributed by atoms with van der Waals surface area (Å²) < 4.78 is -0.206. The molecule has 3 N–H and O–H groups in total. The van der Waals surface area contributed by atoms with Gasteiger partial charge in [0.1, 0.15) is 6.04 Å². The summed E-state index contributed by atoms with van der Waals surface area (Å²) in [4.78, 5) is 28.9. The highest BCUT2D eigenvalue weighted by Crippen LogP contribution is 2.44. The third kappa shape index (κ3) is 10.1. The molecule has 4 rings (SSSR count). The molecule has 0 bridgehead atoms. The van der Waals surface area contributed by atoms with E-state index < -0.39 is 0 Å². The molecule has 2 heterocycles. The number of halogens is 1. The van der Waals surface area contributed by atoms with Crippen LogP contribution in [0, 0.1) is 5.92 Å². The minimum absolute atomic E-state index is 0. The molecule has 1 saturated carbocycles. The second-order valence-electron chi connectivity index (χ2n) is 12.4. The van der Waals surface area contributed by atoms with E-state index in [1.54, 1.807) is 23.5 Å². The zero-order chi connectivity index (χ0) is 27.2. The Balaban J connectivity index is 0.00000420. The van der Waals surface area contributed by atoms with Crippen molar-refractivity contribution >= 4 is 47.7 Å². The van der Waals surface area contributed by atoms with Gasteiger partial charge in [-0.2, -0.15) is 0 Å². The minimum atomic E-state index is -0.280. The normalized spacial score (nSPS) is 24.5. The van der Waals surface area contributed by atoms with Crippen LogP contribution in [0.15, 0.2) is 30.3 Å². The quantitative estimate of drug-likeness (QED) is 0.307. The number of nitrogens with one attached hydrogen (secondary N) is 3. The Hall–Kier alpha value is -0.930. The van der Waals surface area contributed by atoms with Gasteiger partial charge >= 0.3 is 0 Å². The maximum atomic E-state index is 13.4. The second kappa shape index (κ2) is 14.8. The number of carbonyl (C=O) groups excluding carboxylic acids is 2. The van der Waals surface area contributed by atoms with Crippen molar-refractivity contribution in [2.75, 3.05) is 18.8 Å². The lowest BCUT2D eigenvalue weighted by molar-refractivity contribution is -0.124. The molecule has 0 radical (unpaired) electrons. The van der Waals surface area contributed by atoms with E-state index in [4.69, 9.17) is 0 Å². The zero-order valence-electron chi connectivity index (χ0n) is 24.2. The number of carbonyl (C=O) groups is 2. The van der Waals surface area contributed by atoms with Gasteiger partial charge in [0.05, 0.1) is 16.7 Å². The van der Waals surface area contributed by atoms with E-state index in [2.05, 4.69) is 78.9 Å². The van der Waals surface area contributed by atoms with Crippen molar-refractivity contribution in [3.05, 3.63) is 35.9 Å². The lowest BCUT2D eigenvalue weighted by atomic mass is 9.91. The van der Waals surface area contributed by atoms with Crippen LogP contribution < -0.4 is 16.0 Å². The fourth-order valence-electron chi connectivity index (χ4n) is 6.18. The smallest absolute Gasteiger partial charge is 0.239 e. The average Bonchev–Trinajstić information content (AvgIpc) is 3.11. The van der Waals surface area contributed by atoms with E-state index in [-0.39, 0.29) is 51.3 Å². The Kier molecular flexibility index (Phi) is 12.4. The maximum Gasteiger partial charge on any atom is 0.239 e. The second-order valence-corrected chi connectivity index (χ2v) is 15.9. The third-order valence-electron chi connectivity index (χ3n) is 8.10. The van der Waals surface area contributed by atoms with Gasteiger partial charge in [-0.05, 0) is 70.6 Å². The number of hydrogen-bond acceptors (Lipinski definition) is 6. The first-order chi connectivity index (χ1) is 18.1. The molecular weight excluding hydrogens is 548 g/mol. The predicted octanol–water partition coefficient (Wildman–Crippen LogP) is 5.55. The molecule has 1 aromatic carbocycles. The van der Waals surface area contributed by atoms with Crippen LogP contribution in [0.25, 0.3) is 0 Å². The van der Waals surface area contributed by atoms with Crippen LogP contribution in [0.1, 0.15) is 84.6 Å². The Morgan fingerprint density at radius 3 is 2.33 bits per heavy atom. The van der Waals surface area contributed by atoms with Crippen molar-refractivity contribution in [3.63, 3.8) is 0 Å². The van der Waals surface area contributed by atoms with E-state index in [1.807, 2.05) is 0 Å². The summed E-state index contributed by atoms with van der Waals surface area (Å²) in [7, 11) is 0. The van der Waals surface area contributed by atoms with Gasteiger partial charge in [-0.1, -0.05) is 49.6 Å². The number of amides is 2. The molecule has 220 valence electrons. The molecule has 39 heavy (non-hydrogen) atoms. The molecule has 0 spiro atoms. The summed E-state index contributed by atoms with van der Waals surface area (Å²) in [5, 5.41) is 9.88. The van der Waals surface area contributed by atoms with Crippen LogP contribution in [0.4, 0.5) is 0 Å². The lowest BCUT2D eigenvalue weighted by Crippen LogP contribution is -2.54. The van der Waals surface area contributed by atoms with E-state index in [0.717, 1.165) is 38.2 Å². The Morgan fingerprint density at radius 2 is 1.72 bits per heavy atom. The number of thioether (sulfide) groups is 2. The largest absolute Gasteiger partial charge is 0.353 e. The minimum Gasteiger partial charge on any atom is -0.353 e. The van der Waals surface area contributed by atoms with Crippen LogP contribution in [0.3, 0.4) is 0 Å². The first-order valence-electron chi connectivity index (χ1n) is 14.6. The van der Waals surface area contributed by atoms with Gasteiger partial charge in [-0.3, -0.25) is 19.8 Å². The van der Waals surface area contributed by atoms with E-state index in [0.29, 0.717) is 12.3 Å². The summed E-state index contributed by atoms with van der Waals surface area (Å²) in [5.41, 5.74) is 1.34. The predicted molar refractivity (Wildman–Crippen MR) is 168 cm³/mol. The molecule has 0 aromatic heterocycles. The van der Waals surface area contributed by atoms with Crippen molar-refractivity contribution < 1.29 is 9.59 Å². The fraction of sp³-hybridized carbons (Fsp3) is 0.733. The summed E-state index contributed by atoms with van der Waals surface area (Å²) in [5.74, 6) is 1.77. The van der Waals surface area contributed by atoms with Crippen LogP contribution in [0.2, 0.25) is 0 Å². The van der Waals surface area contributed by atoms with Gasteiger partial charge < -0.3 is 10.6 Å². The number of benzene rings is 1. The van der Waals surface area contributed by atoms with Gasteiger partial charge in [0, 0.05) is 30.4 Å². The first kappa shape index (κ1) is 32.6. The van der Waals surface area contributed by atoms with Crippen molar-refractivity contribution in [1.29, 1.82) is 0 Å². The number of piperidine rings is 1.